The normalized spacial score (nSPS) is 17.8. The molecule has 0 heterocycles. The average molecular weight is 300 g/mol. The SMILES string of the molecule is CCCNC(CC1CCCC1)c1ccc(Cl)cc1Cl. The molecule has 1 N–H and O–H groups in total. The summed E-state index contributed by atoms with van der Waals surface area (Å²) in [5.41, 5.74) is 1.20. The van der Waals surface area contributed by atoms with Crippen LogP contribution in [-0.2, 0) is 0 Å². The first-order valence-electron chi connectivity index (χ1n) is 7.39. The zero-order chi connectivity index (χ0) is 13.7. The topological polar surface area (TPSA) is 12.0 Å². The highest BCUT2D eigenvalue weighted by Gasteiger charge is 2.22. The van der Waals surface area contributed by atoms with E-state index in [0.29, 0.717) is 11.1 Å². The molecular weight excluding hydrogens is 277 g/mol. The summed E-state index contributed by atoms with van der Waals surface area (Å²) < 4.78 is 0. The minimum atomic E-state index is 0.368. The summed E-state index contributed by atoms with van der Waals surface area (Å²) in [6, 6.07) is 6.24. The summed E-state index contributed by atoms with van der Waals surface area (Å²) in [5.74, 6) is 0.848. The van der Waals surface area contributed by atoms with Crippen LogP contribution >= 0.6 is 23.2 Å². The van der Waals surface area contributed by atoms with Crippen molar-refractivity contribution in [2.45, 2.75) is 51.5 Å². The fraction of sp³-hybridized carbons (Fsp3) is 0.625. The molecular formula is C16H23Cl2N. The van der Waals surface area contributed by atoms with Crippen LogP contribution in [0.4, 0.5) is 0 Å². The summed E-state index contributed by atoms with van der Waals surface area (Å²) in [4.78, 5) is 0. The maximum atomic E-state index is 6.36. The number of rotatable bonds is 6. The molecule has 1 aromatic rings. The number of hydrogen-bond acceptors (Lipinski definition) is 1. The molecule has 1 fully saturated rings. The van der Waals surface area contributed by atoms with Gasteiger partial charge in [-0.2, -0.15) is 0 Å². The molecule has 1 saturated carbocycles. The lowest BCUT2D eigenvalue weighted by Crippen LogP contribution is -2.24. The van der Waals surface area contributed by atoms with Gasteiger partial charge in [-0.1, -0.05) is 61.9 Å². The Morgan fingerprint density at radius 1 is 1.26 bits per heavy atom. The molecule has 0 aliphatic heterocycles. The van der Waals surface area contributed by atoms with Gasteiger partial charge >= 0.3 is 0 Å². The van der Waals surface area contributed by atoms with Crippen LogP contribution < -0.4 is 5.32 Å². The highest BCUT2D eigenvalue weighted by atomic mass is 35.5. The quantitative estimate of drug-likeness (QED) is 0.719. The highest BCUT2D eigenvalue weighted by Crippen LogP contribution is 2.35. The Hall–Kier alpha value is -0.240. The van der Waals surface area contributed by atoms with Crippen LogP contribution in [0.25, 0.3) is 0 Å². The monoisotopic (exact) mass is 299 g/mol. The molecule has 2 rings (SSSR count). The lowest BCUT2D eigenvalue weighted by atomic mass is 9.93. The Bertz CT molecular complexity index is 400. The van der Waals surface area contributed by atoms with E-state index in [0.717, 1.165) is 23.9 Å². The molecule has 1 nitrogen and oxygen atoms in total. The number of halogens is 2. The molecule has 0 bridgehead atoms. The summed E-state index contributed by atoms with van der Waals surface area (Å²) >= 11 is 12.4. The minimum absolute atomic E-state index is 0.368. The first-order chi connectivity index (χ1) is 9.20. The molecule has 106 valence electrons. The second-order valence-corrected chi connectivity index (χ2v) is 6.40. The van der Waals surface area contributed by atoms with Gasteiger partial charge in [0.05, 0.1) is 0 Å². The molecule has 3 heteroatoms. The molecule has 1 aliphatic rings. The summed E-state index contributed by atoms with van der Waals surface area (Å²) in [7, 11) is 0. The van der Waals surface area contributed by atoms with Crippen molar-refractivity contribution in [1.82, 2.24) is 5.32 Å². The third-order valence-corrected chi connectivity index (χ3v) is 4.58. The predicted octanol–water partition coefficient (Wildman–Crippen LogP) is 5.61. The number of hydrogen-bond donors (Lipinski definition) is 1. The Morgan fingerprint density at radius 3 is 2.63 bits per heavy atom. The van der Waals surface area contributed by atoms with Crippen molar-refractivity contribution in [2.75, 3.05) is 6.54 Å². The van der Waals surface area contributed by atoms with Crippen LogP contribution in [0.3, 0.4) is 0 Å². The molecule has 1 aromatic carbocycles. The largest absolute Gasteiger partial charge is 0.310 e. The van der Waals surface area contributed by atoms with Crippen LogP contribution in [0.1, 0.15) is 57.1 Å². The fourth-order valence-electron chi connectivity index (χ4n) is 3.00. The van der Waals surface area contributed by atoms with Crippen LogP contribution in [0.2, 0.25) is 10.0 Å². The first kappa shape index (κ1) is 15.2. The van der Waals surface area contributed by atoms with Crippen molar-refractivity contribution in [3.8, 4) is 0 Å². The van der Waals surface area contributed by atoms with E-state index in [-0.39, 0.29) is 0 Å². The van der Waals surface area contributed by atoms with Gasteiger partial charge in [-0.3, -0.25) is 0 Å². The van der Waals surface area contributed by atoms with Crippen molar-refractivity contribution in [1.29, 1.82) is 0 Å². The van der Waals surface area contributed by atoms with Gasteiger partial charge in [0.1, 0.15) is 0 Å². The molecule has 19 heavy (non-hydrogen) atoms. The summed E-state index contributed by atoms with van der Waals surface area (Å²) in [5, 5.41) is 5.15. The van der Waals surface area contributed by atoms with Crippen LogP contribution in [-0.4, -0.2) is 6.54 Å². The van der Waals surface area contributed by atoms with E-state index in [2.05, 4.69) is 18.3 Å². The zero-order valence-electron chi connectivity index (χ0n) is 11.6. The molecule has 1 atom stereocenters. The summed E-state index contributed by atoms with van der Waals surface area (Å²) in [6.45, 7) is 3.24. The maximum absolute atomic E-state index is 6.36. The second-order valence-electron chi connectivity index (χ2n) is 5.56. The average Bonchev–Trinajstić information content (AvgIpc) is 2.88. The molecule has 0 radical (unpaired) electrons. The van der Waals surface area contributed by atoms with Crippen molar-refractivity contribution >= 4 is 23.2 Å². The van der Waals surface area contributed by atoms with Crippen LogP contribution in [0, 0.1) is 5.92 Å². The second kappa shape index (κ2) is 7.52. The standard InChI is InChI=1S/C16H23Cl2N/c1-2-9-19-16(10-12-5-3-4-6-12)14-8-7-13(17)11-15(14)18/h7-8,11-12,16,19H,2-6,9-10H2,1H3. The third kappa shape index (κ3) is 4.37. The lowest BCUT2D eigenvalue weighted by Gasteiger charge is -2.23. The van der Waals surface area contributed by atoms with E-state index < -0.39 is 0 Å². The van der Waals surface area contributed by atoms with Gasteiger partial charge in [-0.05, 0) is 43.0 Å². The van der Waals surface area contributed by atoms with Crippen LogP contribution in [0.5, 0.6) is 0 Å². The van der Waals surface area contributed by atoms with Crippen molar-refractivity contribution < 1.29 is 0 Å². The fourth-order valence-corrected chi connectivity index (χ4v) is 3.54. The van der Waals surface area contributed by atoms with Crippen molar-refractivity contribution in [2.24, 2.45) is 5.92 Å². The lowest BCUT2D eigenvalue weighted by molar-refractivity contribution is 0.395. The molecule has 0 aromatic heterocycles. The number of benzene rings is 1. The molecule has 1 aliphatic carbocycles. The Labute approximate surface area is 126 Å². The van der Waals surface area contributed by atoms with E-state index in [1.54, 1.807) is 0 Å². The van der Waals surface area contributed by atoms with Gasteiger partial charge in [0.25, 0.3) is 0 Å². The van der Waals surface area contributed by atoms with Gasteiger partial charge in [-0.25, -0.2) is 0 Å². The van der Waals surface area contributed by atoms with E-state index in [1.165, 1.54) is 37.7 Å². The predicted molar refractivity (Wildman–Crippen MR) is 84.1 cm³/mol. The molecule has 0 saturated heterocycles. The smallest absolute Gasteiger partial charge is 0.0468 e. The van der Waals surface area contributed by atoms with Crippen molar-refractivity contribution in [3.05, 3.63) is 33.8 Å². The van der Waals surface area contributed by atoms with E-state index in [9.17, 15) is 0 Å². The Kier molecular flexibility index (Phi) is 6.00. The molecule has 0 spiro atoms. The van der Waals surface area contributed by atoms with Gasteiger partial charge in [0.15, 0.2) is 0 Å². The van der Waals surface area contributed by atoms with Crippen molar-refractivity contribution in [3.63, 3.8) is 0 Å². The number of nitrogens with one attached hydrogen (secondary N) is 1. The van der Waals surface area contributed by atoms with E-state index in [1.807, 2.05) is 12.1 Å². The van der Waals surface area contributed by atoms with E-state index in [4.69, 9.17) is 23.2 Å². The van der Waals surface area contributed by atoms with E-state index >= 15 is 0 Å². The Balaban J connectivity index is 2.10. The first-order valence-corrected chi connectivity index (χ1v) is 8.14. The maximum Gasteiger partial charge on any atom is 0.0468 e. The minimum Gasteiger partial charge on any atom is -0.310 e. The van der Waals surface area contributed by atoms with Gasteiger partial charge in [-0.15, -0.1) is 0 Å². The zero-order valence-corrected chi connectivity index (χ0v) is 13.1. The Morgan fingerprint density at radius 2 is 2.00 bits per heavy atom. The van der Waals surface area contributed by atoms with Crippen LogP contribution in [0.15, 0.2) is 18.2 Å². The highest BCUT2D eigenvalue weighted by molar-refractivity contribution is 6.35. The van der Waals surface area contributed by atoms with Gasteiger partial charge in [0, 0.05) is 16.1 Å². The molecule has 0 amide bonds. The van der Waals surface area contributed by atoms with Gasteiger partial charge in [0.2, 0.25) is 0 Å². The van der Waals surface area contributed by atoms with Gasteiger partial charge < -0.3 is 5.32 Å². The summed E-state index contributed by atoms with van der Waals surface area (Å²) in [6.07, 6.45) is 7.86. The molecule has 1 unspecified atom stereocenters. The third-order valence-electron chi connectivity index (χ3n) is 4.02.